The third-order valence-electron chi connectivity index (χ3n) is 12.3. The molecule has 4 unspecified atom stereocenters. The van der Waals surface area contributed by atoms with Crippen molar-refractivity contribution in [2.45, 2.75) is 102 Å². The number of carbonyl (C=O) groups is 3. The highest BCUT2D eigenvalue weighted by Gasteiger charge is 2.40. The van der Waals surface area contributed by atoms with Crippen LogP contribution in [0.1, 0.15) is 81.5 Å². The minimum Gasteiger partial charge on any atom is -0.444 e. The summed E-state index contributed by atoms with van der Waals surface area (Å²) in [6.45, 7) is 10.2. The average Bonchev–Trinajstić information content (AvgIpc) is 3.23. The van der Waals surface area contributed by atoms with E-state index in [0.717, 1.165) is 94.5 Å². The zero-order valence-corrected chi connectivity index (χ0v) is 38.7. The van der Waals surface area contributed by atoms with Crippen LogP contribution in [-0.4, -0.2) is 93.5 Å². The highest BCUT2D eigenvalue weighted by atomic mass is 35.5. The highest BCUT2D eigenvalue weighted by molar-refractivity contribution is 6.31. The van der Waals surface area contributed by atoms with Gasteiger partial charge in [-0.1, -0.05) is 59.6 Å². The normalized spacial score (nSPS) is 21.2. The van der Waals surface area contributed by atoms with E-state index in [4.69, 9.17) is 33.7 Å². The molecule has 4 aromatic carbocycles. The van der Waals surface area contributed by atoms with E-state index in [1.165, 1.54) is 24.3 Å². The molecule has 0 aliphatic carbocycles. The maximum absolute atomic E-state index is 13.3. The van der Waals surface area contributed by atoms with Crippen LogP contribution < -0.4 is 11.1 Å². The Morgan fingerprint density at radius 2 is 1.08 bits per heavy atom. The van der Waals surface area contributed by atoms with E-state index in [0.29, 0.717) is 27.0 Å². The van der Waals surface area contributed by atoms with Crippen LogP contribution in [0.5, 0.6) is 0 Å². The van der Waals surface area contributed by atoms with Crippen LogP contribution >= 0.6 is 23.2 Å². The number of likely N-dealkylation sites (tertiary alicyclic amines) is 2. The number of carbonyl (C=O) groups excluding carboxylic acids is 3. The zero-order valence-electron chi connectivity index (χ0n) is 37.2. The monoisotopic (exact) mass is 926 g/mol. The van der Waals surface area contributed by atoms with Gasteiger partial charge < -0.3 is 20.3 Å². The molecule has 4 saturated heterocycles. The number of amides is 3. The summed E-state index contributed by atoms with van der Waals surface area (Å²) in [6.07, 6.45) is 12.3. The van der Waals surface area contributed by atoms with Crippen LogP contribution in [0.2, 0.25) is 10.0 Å². The molecule has 4 bridgehead atoms. The SMILES string of the molecule is CC(C)(C)OC(=O)Nc1cc(Cl)ccc1/C=C/C(=O)N1C2CCCC1CN(Cc1ccc(F)cc1)C2.Nc1cc(Cl)ccc1/C=C/C(=O)N1C2CCCC1CN(Cc1ccc(F)cc1)C2. The second kappa shape index (κ2) is 21.4. The molecule has 65 heavy (non-hydrogen) atoms. The summed E-state index contributed by atoms with van der Waals surface area (Å²) in [5.41, 5.74) is 10.0. The van der Waals surface area contributed by atoms with Crippen molar-refractivity contribution in [1.82, 2.24) is 19.6 Å². The highest BCUT2D eigenvalue weighted by Crippen LogP contribution is 2.32. The van der Waals surface area contributed by atoms with E-state index in [-0.39, 0.29) is 47.6 Å². The van der Waals surface area contributed by atoms with E-state index in [2.05, 4.69) is 15.1 Å². The number of anilines is 2. The largest absolute Gasteiger partial charge is 0.444 e. The topological polar surface area (TPSA) is 111 Å². The second-order valence-corrected chi connectivity index (χ2v) is 19.3. The summed E-state index contributed by atoms with van der Waals surface area (Å²) in [4.78, 5) is 47.4. The van der Waals surface area contributed by atoms with Gasteiger partial charge in [-0.3, -0.25) is 24.7 Å². The Hall–Kier alpha value is -5.27. The van der Waals surface area contributed by atoms with Gasteiger partial charge in [0.15, 0.2) is 0 Å². The molecule has 3 N–H and O–H groups in total. The Labute approximate surface area is 391 Å². The van der Waals surface area contributed by atoms with E-state index in [1.54, 1.807) is 75.4 Å². The number of fused-ring (bicyclic) bond motifs is 4. The molecule has 14 heteroatoms. The Balaban J connectivity index is 0.000000198. The Kier molecular flexibility index (Phi) is 15.7. The fourth-order valence-electron chi connectivity index (χ4n) is 9.45. The molecule has 0 radical (unpaired) electrons. The third kappa shape index (κ3) is 13.2. The number of halogens is 4. The molecule has 4 atom stereocenters. The number of rotatable bonds is 9. The van der Waals surface area contributed by atoms with Crippen LogP contribution in [0, 0.1) is 11.6 Å². The first-order valence-electron chi connectivity index (χ1n) is 22.4. The molecule has 10 nitrogen and oxygen atoms in total. The molecule has 0 spiro atoms. The van der Waals surface area contributed by atoms with Crippen molar-refractivity contribution in [2.75, 3.05) is 37.2 Å². The number of nitrogens with one attached hydrogen (secondary N) is 1. The third-order valence-corrected chi connectivity index (χ3v) is 12.7. The second-order valence-electron chi connectivity index (χ2n) is 18.4. The lowest BCUT2D eigenvalue weighted by atomic mass is 9.90. The molecular weight excluding hydrogens is 870 g/mol. The fourth-order valence-corrected chi connectivity index (χ4v) is 9.80. The predicted molar refractivity (Wildman–Crippen MR) is 255 cm³/mol. The minimum atomic E-state index is -0.634. The minimum absolute atomic E-state index is 0.0375. The number of ether oxygens (including phenoxy) is 1. The van der Waals surface area contributed by atoms with Crippen molar-refractivity contribution in [2.24, 2.45) is 0 Å². The Morgan fingerprint density at radius 3 is 1.51 bits per heavy atom. The quantitative estimate of drug-likeness (QED) is 0.127. The van der Waals surface area contributed by atoms with Gasteiger partial charge in [0.25, 0.3) is 0 Å². The van der Waals surface area contributed by atoms with Crippen LogP contribution in [0.3, 0.4) is 0 Å². The number of nitrogen functional groups attached to an aromatic ring is 1. The van der Waals surface area contributed by atoms with Crippen LogP contribution in [-0.2, 0) is 27.4 Å². The Morgan fingerprint density at radius 1 is 0.662 bits per heavy atom. The zero-order chi connectivity index (χ0) is 46.3. The van der Waals surface area contributed by atoms with Crippen LogP contribution in [0.4, 0.5) is 25.0 Å². The number of hydrogen-bond donors (Lipinski definition) is 2. The van der Waals surface area contributed by atoms with Gasteiger partial charge in [0.2, 0.25) is 11.8 Å². The van der Waals surface area contributed by atoms with E-state index < -0.39 is 11.7 Å². The van der Waals surface area contributed by atoms with Crippen molar-refractivity contribution < 1.29 is 27.9 Å². The van der Waals surface area contributed by atoms with Crippen molar-refractivity contribution in [3.05, 3.63) is 141 Å². The standard InChI is InChI=1S/C28H33ClFN3O3.C23H25ClFN3O/c1-28(2,3)36-27(35)31-25-15-21(29)11-9-20(25)10-14-26(34)33-23-5-4-6-24(33)18-32(17-23)16-19-7-12-22(30)13-8-19;24-18-8-6-17(22(26)12-18)7-11-23(29)28-20-2-1-3-21(28)15-27(14-20)13-16-4-9-19(25)10-5-16/h7-15,23-24H,4-6,16-18H2,1-3H3,(H,31,35);4-12,20-21H,1-3,13-15,26H2/b14-10+;11-7+. The van der Waals surface area contributed by atoms with E-state index >= 15 is 0 Å². The number of nitrogens with two attached hydrogens (primary N) is 1. The molecule has 3 amide bonds. The number of piperazine rings is 2. The predicted octanol–water partition coefficient (Wildman–Crippen LogP) is 10.4. The lowest BCUT2D eigenvalue weighted by Gasteiger charge is -2.50. The first kappa shape index (κ1) is 47.7. The van der Waals surface area contributed by atoms with Gasteiger partial charge in [-0.2, -0.15) is 0 Å². The van der Waals surface area contributed by atoms with Gasteiger partial charge in [0.1, 0.15) is 17.2 Å². The van der Waals surface area contributed by atoms with Gasteiger partial charge in [-0.25, -0.2) is 13.6 Å². The maximum atomic E-state index is 13.3. The van der Waals surface area contributed by atoms with Gasteiger partial charge in [0.05, 0.1) is 5.69 Å². The summed E-state index contributed by atoms with van der Waals surface area (Å²) in [7, 11) is 0. The summed E-state index contributed by atoms with van der Waals surface area (Å²) >= 11 is 12.1. The molecule has 0 saturated carbocycles. The van der Waals surface area contributed by atoms with Gasteiger partial charge >= 0.3 is 6.09 Å². The van der Waals surface area contributed by atoms with Crippen LogP contribution in [0.15, 0.2) is 97.1 Å². The molecule has 4 heterocycles. The maximum Gasteiger partial charge on any atom is 0.412 e. The van der Waals surface area contributed by atoms with Crippen molar-refractivity contribution in [3.63, 3.8) is 0 Å². The van der Waals surface area contributed by atoms with Gasteiger partial charge in [0, 0.05) is 91.3 Å². The number of benzene rings is 4. The van der Waals surface area contributed by atoms with Crippen molar-refractivity contribution in [1.29, 1.82) is 0 Å². The molecule has 4 aliphatic heterocycles. The first-order valence-corrected chi connectivity index (χ1v) is 23.1. The van der Waals surface area contributed by atoms with Crippen molar-refractivity contribution in [3.8, 4) is 0 Å². The van der Waals surface area contributed by atoms with E-state index in [9.17, 15) is 23.2 Å². The number of nitrogens with zero attached hydrogens (tertiary/aromatic N) is 4. The molecule has 4 aromatic rings. The summed E-state index contributed by atoms with van der Waals surface area (Å²) in [6, 6.07) is 24.4. The molecule has 8 rings (SSSR count). The fraction of sp³-hybridized carbons (Fsp3) is 0.392. The average molecular weight is 928 g/mol. The first-order chi connectivity index (χ1) is 31.1. The molecular formula is C51H58Cl2F2N6O4. The summed E-state index contributed by atoms with van der Waals surface area (Å²) in [5, 5.41) is 3.78. The Bertz CT molecular complexity index is 2350. The lowest BCUT2D eigenvalue weighted by Crippen LogP contribution is -2.61. The molecule has 0 aromatic heterocycles. The number of piperidine rings is 2. The summed E-state index contributed by atoms with van der Waals surface area (Å²) in [5.74, 6) is -0.447. The number of hydrogen-bond acceptors (Lipinski definition) is 7. The van der Waals surface area contributed by atoms with E-state index in [1.807, 2.05) is 40.1 Å². The van der Waals surface area contributed by atoms with Crippen LogP contribution in [0.25, 0.3) is 12.2 Å². The van der Waals surface area contributed by atoms with Crippen molar-refractivity contribution >= 4 is 64.6 Å². The van der Waals surface area contributed by atoms with Gasteiger partial charge in [-0.15, -0.1) is 0 Å². The molecule has 344 valence electrons. The molecule has 4 aliphatic rings. The molecule has 4 fully saturated rings. The lowest BCUT2D eigenvalue weighted by molar-refractivity contribution is -0.138. The van der Waals surface area contributed by atoms with Gasteiger partial charge in [-0.05, 0) is 142 Å². The summed E-state index contributed by atoms with van der Waals surface area (Å²) < 4.78 is 31.8. The smallest absolute Gasteiger partial charge is 0.412 e.